The van der Waals surface area contributed by atoms with Crippen LogP contribution in [0.25, 0.3) is 0 Å². The van der Waals surface area contributed by atoms with Gasteiger partial charge in [0.15, 0.2) is 0 Å². The van der Waals surface area contributed by atoms with Crippen molar-refractivity contribution < 1.29 is 41.9 Å². The standard InChI is InChI=1S/C40H61N7O9S/c1-10-18-41-35(50)32(48)29(20-25-15-16-25)42-34(49)30-21-28(56-38(53)46-19-17-26-13-11-12-14-27(26)22-46)23-47(30)36(51)33(40(5,6)7)44-37(52)43-31(39(2,3)4)24-45(8)57(9,54)55/h10-14,25,28-31,33H,1,15-24H2,2-9H3,(H,41,50)(H,42,49)(H2,43,44,52)/t28?,29?,30-,31+,33+/m0/s1. The summed E-state index contributed by atoms with van der Waals surface area (Å²) in [5, 5.41) is 10.8. The quantitative estimate of drug-likeness (QED) is 0.151. The number of rotatable bonds is 15. The monoisotopic (exact) mass is 815 g/mol. The molecule has 4 rings (SSSR count). The van der Waals surface area contributed by atoms with Crippen LogP contribution in [0, 0.1) is 16.7 Å². The summed E-state index contributed by atoms with van der Waals surface area (Å²) >= 11 is 0. The summed E-state index contributed by atoms with van der Waals surface area (Å²) in [7, 11) is -2.15. The molecule has 316 valence electrons. The first kappa shape index (κ1) is 45.2. The second-order valence-corrected chi connectivity index (χ2v) is 19.8. The van der Waals surface area contributed by atoms with Gasteiger partial charge in [-0.2, -0.15) is 0 Å². The minimum absolute atomic E-state index is 0.0275. The molecule has 3 aliphatic rings. The molecule has 2 aliphatic heterocycles. The molecule has 17 heteroatoms. The van der Waals surface area contributed by atoms with Crippen LogP contribution < -0.4 is 21.3 Å². The molecular weight excluding hydrogens is 755 g/mol. The van der Waals surface area contributed by atoms with Crippen molar-refractivity contribution in [3.8, 4) is 0 Å². The fourth-order valence-corrected chi connectivity index (χ4v) is 7.33. The van der Waals surface area contributed by atoms with Gasteiger partial charge in [-0.3, -0.25) is 19.2 Å². The maximum absolute atomic E-state index is 14.7. The van der Waals surface area contributed by atoms with Crippen molar-refractivity contribution in [1.29, 1.82) is 0 Å². The Morgan fingerprint density at radius 2 is 1.63 bits per heavy atom. The Kier molecular flexibility index (Phi) is 14.6. The van der Waals surface area contributed by atoms with Gasteiger partial charge < -0.3 is 35.8 Å². The highest BCUT2D eigenvalue weighted by atomic mass is 32.2. The molecule has 16 nitrogen and oxygen atoms in total. The molecular formula is C40H61N7O9S. The number of carbonyl (C=O) groups excluding carboxylic acids is 6. The van der Waals surface area contributed by atoms with Gasteiger partial charge in [-0.15, -0.1) is 6.58 Å². The summed E-state index contributed by atoms with van der Waals surface area (Å²) in [5.74, 6) is -2.86. The number of carbonyl (C=O) groups is 6. The van der Waals surface area contributed by atoms with E-state index in [0.29, 0.717) is 19.5 Å². The second-order valence-electron chi connectivity index (χ2n) is 17.7. The molecule has 1 aromatic carbocycles. The van der Waals surface area contributed by atoms with Crippen LogP contribution in [-0.2, 0) is 46.9 Å². The molecule has 0 spiro atoms. The van der Waals surface area contributed by atoms with E-state index in [1.165, 1.54) is 18.0 Å². The number of ether oxygens (including phenoxy) is 1. The van der Waals surface area contributed by atoms with Gasteiger partial charge >= 0.3 is 12.1 Å². The number of Topliss-reactive ketones (excluding diaryl/α,β-unsaturated/α-hetero) is 1. The predicted octanol–water partition coefficient (Wildman–Crippen LogP) is 2.33. The van der Waals surface area contributed by atoms with Gasteiger partial charge in [0.25, 0.3) is 5.91 Å². The third-order valence-corrected chi connectivity index (χ3v) is 12.1. The summed E-state index contributed by atoms with van der Waals surface area (Å²) in [4.78, 5) is 84.9. The van der Waals surface area contributed by atoms with Gasteiger partial charge in [0.05, 0.1) is 18.8 Å². The van der Waals surface area contributed by atoms with E-state index in [-0.39, 0.29) is 38.4 Å². The largest absolute Gasteiger partial charge is 0.444 e. The Morgan fingerprint density at radius 1 is 0.982 bits per heavy atom. The molecule has 0 bridgehead atoms. The number of nitrogens with one attached hydrogen (secondary N) is 4. The molecule has 4 N–H and O–H groups in total. The number of likely N-dealkylation sites (tertiary alicyclic amines) is 1. The molecule has 1 saturated heterocycles. The van der Waals surface area contributed by atoms with Crippen LogP contribution in [0.5, 0.6) is 0 Å². The lowest BCUT2D eigenvalue weighted by atomic mass is 9.85. The van der Waals surface area contributed by atoms with E-state index in [2.05, 4.69) is 27.8 Å². The van der Waals surface area contributed by atoms with Gasteiger partial charge in [-0.1, -0.05) is 84.7 Å². The predicted molar refractivity (Wildman–Crippen MR) is 214 cm³/mol. The highest BCUT2D eigenvalue weighted by Gasteiger charge is 2.48. The van der Waals surface area contributed by atoms with Crippen LogP contribution in [0.15, 0.2) is 36.9 Å². The zero-order valence-corrected chi connectivity index (χ0v) is 35.4. The minimum Gasteiger partial charge on any atom is -0.444 e. The Morgan fingerprint density at radius 3 is 2.21 bits per heavy atom. The molecule has 2 unspecified atom stereocenters. The van der Waals surface area contributed by atoms with Crippen LogP contribution in [0.2, 0.25) is 0 Å². The molecule has 0 radical (unpaired) electrons. The fraction of sp³-hybridized carbons (Fsp3) is 0.650. The SMILES string of the molecule is C=CCNC(=O)C(=O)C(CC1CC1)NC(=O)[C@@H]1CC(OC(=O)N2CCc3ccccc3C2)CN1C(=O)[C@@H](NC(=O)N[C@H](CN(C)S(C)(=O)=O)C(C)(C)C)C(C)(C)C. The lowest BCUT2D eigenvalue weighted by Crippen LogP contribution is -2.62. The fourth-order valence-electron chi connectivity index (χ4n) is 6.91. The van der Waals surface area contributed by atoms with Crippen molar-refractivity contribution in [2.45, 2.75) is 110 Å². The number of ketones is 1. The smallest absolute Gasteiger partial charge is 0.410 e. The van der Waals surface area contributed by atoms with Gasteiger partial charge in [0.2, 0.25) is 27.6 Å². The van der Waals surface area contributed by atoms with Crippen molar-refractivity contribution in [1.82, 2.24) is 35.4 Å². The average Bonchev–Trinajstić information content (AvgIpc) is 3.85. The number of amides is 6. The Hall–Kier alpha value is -4.51. The van der Waals surface area contributed by atoms with Crippen molar-refractivity contribution in [3.05, 3.63) is 48.0 Å². The highest BCUT2D eigenvalue weighted by molar-refractivity contribution is 7.88. The summed E-state index contributed by atoms with van der Waals surface area (Å²) in [6.45, 7) is 15.0. The summed E-state index contributed by atoms with van der Waals surface area (Å²) in [6, 6.07) is 2.86. The van der Waals surface area contributed by atoms with Crippen LogP contribution in [-0.4, -0.2) is 128 Å². The summed E-state index contributed by atoms with van der Waals surface area (Å²) < 4.78 is 31.5. The number of hydrogen-bond acceptors (Lipinski definition) is 9. The van der Waals surface area contributed by atoms with E-state index in [0.717, 1.165) is 34.5 Å². The molecule has 0 aromatic heterocycles. The summed E-state index contributed by atoms with van der Waals surface area (Å²) in [6.07, 6.45) is 3.50. The Bertz CT molecular complexity index is 1800. The number of nitrogens with zero attached hydrogens (tertiary/aromatic N) is 3. The zero-order chi connectivity index (χ0) is 42.5. The van der Waals surface area contributed by atoms with Gasteiger partial charge in [0, 0.05) is 45.7 Å². The van der Waals surface area contributed by atoms with Crippen LogP contribution >= 0.6 is 0 Å². The Labute approximate surface area is 336 Å². The lowest BCUT2D eigenvalue weighted by Gasteiger charge is -2.37. The molecule has 2 heterocycles. The average molecular weight is 816 g/mol. The van der Waals surface area contributed by atoms with Crippen LogP contribution in [0.1, 0.15) is 78.4 Å². The van der Waals surface area contributed by atoms with Crippen LogP contribution in [0.4, 0.5) is 9.59 Å². The number of sulfonamides is 1. The number of benzene rings is 1. The zero-order valence-electron chi connectivity index (χ0n) is 34.6. The molecule has 1 aliphatic carbocycles. The van der Waals surface area contributed by atoms with E-state index in [1.807, 2.05) is 45.0 Å². The third kappa shape index (κ3) is 12.5. The molecule has 1 saturated carbocycles. The Balaban J connectivity index is 1.59. The highest BCUT2D eigenvalue weighted by Crippen LogP contribution is 2.34. The van der Waals surface area contributed by atoms with E-state index in [9.17, 15) is 37.2 Å². The minimum atomic E-state index is -3.56. The van der Waals surface area contributed by atoms with Crippen LogP contribution in [0.3, 0.4) is 0 Å². The molecule has 2 fully saturated rings. The van der Waals surface area contributed by atoms with Crippen molar-refractivity contribution in [2.75, 3.05) is 39.5 Å². The van der Waals surface area contributed by atoms with E-state index in [4.69, 9.17) is 4.74 Å². The van der Waals surface area contributed by atoms with Gasteiger partial charge in [0.1, 0.15) is 18.2 Å². The normalized spacial score (nSPS) is 20.1. The number of hydrogen-bond donors (Lipinski definition) is 4. The lowest BCUT2D eigenvalue weighted by molar-refractivity contribution is -0.144. The first-order chi connectivity index (χ1) is 26.5. The van der Waals surface area contributed by atoms with E-state index >= 15 is 0 Å². The second kappa shape index (κ2) is 18.4. The topological polar surface area (TPSA) is 204 Å². The molecule has 1 aromatic rings. The first-order valence-electron chi connectivity index (χ1n) is 19.5. The first-order valence-corrected chi connectivity index (χ1v) is 21.4. The van der Waals surface area contributed by atoms with Gasteiger partial charge in [-0.05, 0) is 40.7 Å². The number of fused-ring (bicyclic) bond motifs is 1. The number of urea groups is 1. The van der Waals surface area contributed by atoms with Gasteiger partial charge in [-0.25, -0.2) is 22.3 Å². The molecule has 57 heavy (non-hydrogen) atoms. The maximum Gasteiger partial charge on any atom is 0.410 e. The maximum atomic E-state index is 14.7. The van der Waals surface area contributed by atoms with E-state index < -0.39 is 86.8 Å². The molecule has 6 amide bonds. The van der Waals surface area contributed by atoms with Crippen molar-refractivity contribution >= 4 is 45.7 Å². The summed E-state index contributed by atoms with van der Waals surface area (Å²) in [5.41, 5.74) is 0.657. The van der Waals surface area contributed by atoms with Crippen molar-refractivity contribution in [2.24, 2.45) is 16.7 Å². The number of likely N-dealkylation sites (N-methyl/N-ethyl adjacent to an activating group) is 1. The van der Waals surface area contributed by atoms with E-state index in [1.54, 1.807) is 25.7 Å². The van der Waals surface area contributed by atoms with Crippen molar-refractivity contribution in [3.63, 3.8) is 0 Å². The third-order valence-electron chi connectivity index (χ3n) is 10.8. The molecule has 5 atom stereocenters.